The molecule has 0 radical (unpaired) electrons. The minimum atomic E-state index is 0.634. The van der Waals surface area contributed by atoms with Gasteiger partial charge >= 0.3 is 0 Å². The molecule has 0 N–H and O–H groups in total. The summed E-state index contributed by atoms with van der Waals surface area (Å²) in [4.78, 5) is 0. The quantitative estimate of drug-likeness (QED) is 0.534. The van der Waals surface area contributed by atoms with E-state index in [9.17, 15) is 0 Å². The molecule has 0 aliphatic carbocycles. The number of hydrogen-bond donors (Lipinski definition) is 0. The lowest BCUT2D eigenvalue weighted by Gasteiger charge is -2.36. The zero-order valence-electron chi connectivity index (χ0n) is 8.91. The highest BCUT2D eigenvalue weighted by Crippen LogP contribution is 2.41. The maximum Gasteiger partial charge on any atom is 0.105 e. The smallest absolute Gasteiger partial charge is 0.0692 e. The van der Waals surface area contributed by atoms with Crippen LogP contribution in [-0.4, -0.2) is 7.85 Å². The minimum Gasteiger partial charge on any atom is -0.0692 e. The lowest BCUT2D eigenvalue weighted by molar-refractivity contribution is 0.227. The Morgan fingerprint density at radius 2 is 1.64 bits per heavy atom. The maximum atomic E-state index is 2.36. The van der Waals surface area contributed by atoms with Gasteiger partial charge in [-0.1, -0.05) is 52.8 Å². The Hall–Kier alpha value is 0.0649. The summed E-state index contributed by atoms with van der Waals surface area (Å²) >= 11 is 0. The highest BCUT2D eigenvalue weighted by atomic mass is 14.3. The molecule has 0 aromatic carbocycles. The average molecular weight is 154 g/mol. The summed E-state index contributed by atoms with van der Waals surface area (Å²) < 4.78 is 0. The highest BCUT2D eigenvalue weighted by Gasteiger charge is 2.28. The molecule has 0 saturated carbocycles. The van der Waals surface area contributed by atoms with Crippen molar-refractivity contribution < 1.29 is 0 Å². The predicted molar refractivity (Wildman–Crippen MR) is 55.9 cm³/mol. The van der Waals surface area contributed by atoms with Crippen LogP contribution in [0.2, 0.25) is 5.82 Å². The summed E-state index contributed by atoms with van der Waals surface area (Å²) in [5.41, 5.74) is 0.634. The monoisotopic (exact) mass is 154 g/mol. The van der Waals surface area contributed by atoms with E-state index in [0.29, 0.717) is 5.41 Å². The van der Waals surface area contributed by atoms with E-state index in [1.807, 2.05) is 0 Å². The van der Waals surface area contributed by atoms with E-state index in [2.05, 4.69) is 35.5 Å². The van der Waals surface area contributed by atoms with Gasteiger partial charge in [0.15, 0.2) is 0 Å². The van der Waals surface area contributed by atoms with E-state index in [0.717, 1.165) is 5.82 Å². The SMILES string of the molecule is BC(C)C(CC)(CC)CCC. The molecule has 1 atom stereocenters. The maximum absolute atomic E-state index is 2.36. The molecule has 0 spiro atoms. The van der Waals surface area contributed by atoms with Crippen LogP contribution in [-0.2, 0) is 0 Å². The van der Waals surface area contributed by atoms with Crippen molar-refractivity contribution in [1.29, 1.82) is 0 Å². The first-order valence-corrected chi connectivity index (χ1v) is 5.13. The van der Waals surface area contributed by atoms with Gasteiger partial charge in [0.2, 0.25) is 0 Å². The molecule has 0 saturated heterocycles. The predicted octanol–water partition coefficient (Wildman–Crippen LogP) is 3.03. The first-order chi connectivity index (χ1) is 5.13. The fraction of sp³-hybridized carbons (Fsp3) is 1.00. The fourth-order valence-corrected chi connectivity index (χ4v) is 2.21. The van der Waals surface area contributed by atoms with Crippen molar-refractivity contribution in [1.82, 2.24) is 0 Å². The Kier molecular flexibility index (Phi) is 4.87. The first-order valence-electron chi connectivity index (χ1n) is 5.13. The molecule has 0 aromatic heterocycles. The van der Waals surface area contributed by atoms with Gasteiger partial charge in [-0.05, 0) is 11.8 Å². The van der Waals surface area contributed by atoms with Crippen LogP contribution in [0.5, 0.6) is 0 Å². The topological polar surface area (TPSA) is 0 Å². The summed E-state index contributed by atoms with van der Waals surface area (Å²) in [5.74, 6) is 0.845. The van der Waals surface area contributed by atoms with Gasteiger partial charge in [-0.2, -0.15) is 0 Å². The zero-order valence-corrected chi connectivity index (χ0v) is 8.91. The fourth-order valence-electron chi connectivity index (χ4n) is 2.21. The summed E-state index contributed by atoms with van der Waals surface area (Å²) in [6.45, 7) is 9.32. The Morgan fingerprint density at radius 3 is 1.73 bits per heavy atom. The second-order valence-electron chi connectivity index (χ2n) is 3.97. The second kappa shape index (κ2) is 4.85. The van der Waals surface area contributed by atoms with Gasteiger partial charge in [0, 0.05) is 0 Å². The van der Waals surface area contributed by atoms with Crippen LogP contribution >= 0.6 is 0 Å². The van der Waals surface area contributed by atoms with Gasteiger partial charge < -0.3 is 0 Å². The number of rotatable bonds is 5. The van der Waals surface area contributed by atoms with Crippen molar-refractivity contribution in [2.24, 2.45) is 5.41 Å². The van der Waals surface area contributed by atoms with Gasteiger partial charge in [0.25, 0.3) is 0 Å². The Labute approximate surface area is 73.2 Å². The molecular formula is C10H23B. The Balaban J connectivity index is 4.20. The summed E-state index contributed by atoms with van der Waals surface area (Å²) in [6.07, 6.45) is 5.42. The third-order valence-corrected chi connectivity index (χ3v) is 3.38. The third kappa shape index (κ3) is 2.54. The van der Waals surface area contributed by atoms with E-state index in [1.165, 1.54) is 25.7 Å². The van der Waals surface area contributed by atoms with E-state index < -0.39 is 0 Å². The zero-order chi connectivity index (χ0) is 8.91. The van der Waals surface area contributed by atoms with Gasteiger partial charge in [0.1, 0.15) is 7.85 Å². The van der Waals surface area contributed by atoms with Crippen LogP contribution in [0.3, 0.4) is 0 Å². The largest absolute Gasteiger partial charge is 0.105 e. The average Bonchev–Trinajstić information content (AvgIpc) is 2.00. The molecule has 1 unspecified atom stereocenters. The molecule has 0 bridgehead atoms. The Bertz CT molecular complexity index is 93.0. The van der Waals surface area contributed by atoms with Crippen LogP contribution in [0.25, 0.3) is 0 Å². The van der Waals surface area contributed by atoms with Gasteiger partial charge in [-0.3, -0.25) is 0 Å². The first kappa shape index (κ1) is 11.1. The van der Waals surface area contributed by atoms with Crippen molar-refractivity contribution in [3.63, 3.8) is 0 Å². The minimum absolute atomic E-state index is 0.634. The molecule has 0 fully saturated rings. The molecule has 0 rings (SSSR count). The van der Waals surface area contributed by atoms with Gasteiger partial charge in [-0.15, -0.1) is 0 Å². The molecule has 1 heteroatoms. The molecule has 0 heterocycles. The van der Waals surface area contributed by atoms with Crippen LogP contribution < -0.4 is 0 Å². The summed E-state index contributed by atoms with van der Waals surface area (Å²) in [7, 11) is 2.36. The Morgan fingerprint density at radius 1 is 1.18 bits per heavy atom. The van der Waals surface area contributed by atoms with Crippen molar-refractivity contribution in [3.05, 3.63) is 0 Å². The molecular weight excluding hydrogens is 131 g/mol. The van der Waals surface area contributed by atoms with Gasteiger partial charge in [0.05, 0.1) is 0 Å². The van der Waals surface area contributed by atoms with Crippen LogP contribution in [0, 0.1) is 5.41 Å². The van der Waals surface area contributed by atoms with Crippen LogP contribution in [0.15, 0.2) is 0 Å². The molecule has 0 aliphatic heterocycles. The molecule has 11 heavy (non-hydrogen) atoms. The molecule has 0 amide bonds. The lowest BCUT2D eigenvalue weighted by atomic mass is 9.61. The van der Waals surface area contributed by atoms with Crippen LogP contribution in [0.1, 0.15) is 53.4 Å². The van der Waals surface area contributed by atoms with Crippen molar-refractivity contribution in [2.75, 3.05) is 0 Å². The number of hydrogen-bond acceptors (Lipinski definition) is 0. The molecule has 0 nitrogen and oxygen atoms in total. The van der Waals surface area contributed by atoms with Gasteiger partial charge in [-0.25, -0.2) is 0 Å². The lowest BCUT2D eigenvalue weighted by Crippen LogP contribution is -2.23. The molecule has 0 aliphatic rings. The van der Waals surface area contributed by atoms with Crippen molar-refractivity contribution in [3.8, 4) is 0 Å². The normalized spacial score (nSPS) is 14.9. The van der Waals surface area contributed by atoms with E-state index >= 15 is 0 Å². The summed E-state index contributed by atoms with van der Waals surface area (Å²) in [6, 6.07) is 0. The molecule has 66 valence electrons. The van der Waals surface area contributed by atoms with E-state index in [4.69, 9.17) is 0 Å². The third-order valence-electron chi connectivity index (χ3n) is 3.38. The van der Waals surface area contributed by atoms with E-state index in [-0.39, 0.29) is 0 Å². The second-order valence-corrected chi connectivity index (χ2v) is 3.97. The van der Waals surface area contributed by atoms with Crippen molar-refractivity contribution >= 4 is 7.85 Å². The standard InChI is InChI=1S/C10H23B/c1-5-8-10(6-2,7-3)9(4)11/h9H,5-8,11H2,1-4H3. The highest BCUT2D eigenvalue weighted by molar-refractivity contribution is 6.11. The van der Waals surface area contributed by atoms with Crippen molar-refractivity contribution in [2.45, 2.75) is 59.2 Å². The molecule has 0 aromatic rings. The van der Waals surface area contributed by atoms with E-state index in [1.54, 1.807) is 0 Å². The summed E-state index contributed by atoms with van der Waals surface area (Å²) in [5, 5.41) is 0. The van der Waals surface area contributed by atoms with Crippen LogP contribution in [0.4, 0.5) is 0 Å².